The minimum atomic E-state index is 1.16. The number of aromatic amines is 1. The molecule has 0 saturated carbocycles. The van der Waals surface area contributed by atoms with Crippen LogP contribution in [-0.2, 0) is 6.42 Å². The number of hydrogen-bond donors (Lipinski definition) is 1. The summed E-state index contributed by atoms with van der Waals surface area (Å²) in [7, 11) is 0. The van der Waals surface area contributed by atoms with Gasteiger partial charge in [-0.3, -0.25) is 0 Å². The van der Waals surface area contributed by atoms with Crippen LogP contribution >= 0.6 is 0 Å². The lowest BCUT2D eigenvalue weighted by Crippen LogP contribution is -1.90. The molecule has 0 aliphatic rings. The van der Waals surface area contributed by atoms with Crippen molar-refractivity contribution in [2.45, 2.75) is 33.6 Å². The molecule has 0 aliphatic carbocycles. The number of fused-ring (bicyclic) bond motifs is 1. The molecule has 1 nitrogen and oxygen atoms in total. The first-order chi connectivity index (χ1) is 9.70. The number of benzene rings is 2. The number of aryl methyl sites for hydroxylation is 3. The molecule has 0 spiro atoms. The predicted octanol–water partition coefficient (Wildman–Crippen LogP) is 5.40. The minimum Gasteiger partial charge on any atom is -0.360 e. The Hall–Kier alpha value is -2.02. The zero-order valence-electron chi connectivity index (χ0n) is 12.5. The summed E-state index contributed by atoms with van der Waals surface area (Å²) < 4.78 is 0. The maximum Gasteiger partial charge on any atom is 0.0536 e. The first kappa shape index (κ1) is 13.0. The van der Waals surface area contributed by atoms with Gasteiger partial charge >= 0.3 is 0 Å². The van der Waals surface area contributed by atoms with Crippen molar-refractivity contribution >= 4 is 10.9 Å². The van der Waals surface area contributed by atoms with Crippen molar-refractivity contribution in [3.8, 4) is 11.1 Å². The Bertz CT molecular complexity index is 750. The van der Waals surface area contributed by atoms with Gasteiger partial charge in [0.15, 0.2) is 0 Å². The van der Waals surface area contributed by atoms with Gasteiger partial charge in [0, 0.05) is 17.1 Å². The highest BCUT2D eigenvalue weighted by Gasteiger charge is 2.08. The number of rotatable bonds is 3. The lowest BCUT2D eigenvalue weighted by molar-refractivity contribution is 0.913. The van der Waals surface area contributed by atoms with E-state index in [-0.39, 0.29) is 0 Å². The van der Waals surface area contributed by atoms with Crippen molar-refractivity contribution in [2.24, 2.45) is 0 Å². The average molecular weight is 263 g/mol. The fourth-order valence-corrected chi connectivity index (χ4v) is 2.95. The number of H-pyrrole nitrogens is 1. The fraction of sp³-hybridized carbons (Fsp3) is 0.263. The normalized spacial score (nSPS) is 11.2. The lowest BCUT2D eigenvalue weighted by Gasteiger charge is -2.09. The SMILES string of the molecule is CCCc1ccc(-c2cccc3c(C)c[nH]c23)cc1C. The molecule has 1 heterocycles. The molecule has 2 aromatic carbocycles. The van der Waals surface area contributed by atoms with Crippen LogP contribution in [0.3, 0.4) is 0 Å². The summed E-state index contributed by atoms with van der Waals surface area (Å²) in [4.78, 5) is 3.41. The van der Waals surface area contributed by atoms with Gasteiger partial charge in [-0.15, -0.1) is 0 Å². The van der Waals surface area contributed by atoms with Gasteiger partial charge in [0.2, 0.25) is 0 Å². The van der Waals surface area contributed by atoms with Crippen LogP contribution in [0.5, 0.6) is 0 Å². The molecule has 1 heteroatoms. The second kappa shape index (κ2) is 5.16. The van der Waals surface area contributed by atoms with Crippen molar-refractivity contribution in [2.75, 3.05) is 0 Å². The van der Waals surface area contributed by atoms with E-state index < -0.39 is 0 Å². The zero-order chi connectivity index (χ0) is 14.1. The number of aromatic nitrogens is 1. The molecule has 3 aromatic rings. The van der Waals surface area contributed by atoms with E-state index >= 15 is 0 Å². The molecule has 0 atom stereocenters. The fourth-order valence-electron chi connectivity index (χ4n) is 2.95. The van der Waals surface area contributed by atoms with Gasteiger partial charge in [-0.2, -0.15) is 0 Å². The summed E-state index contributed by atoms with van der Waals surface area (Å²) in [5.41, 5.74) is 8.00. The van der Waals surface area contributed by atoms with E-state index in [2.05, 4.69) is 68.4 Å². The Morgan fingerprint density at radius 3 is 2.60 bits per heavy atom. The summed E-state index contributed by atoms with van der Waals surface area (Å²) in [5.74, 6) is 0. The second-order valence-corrected chi connectivity index (χ2v) is 5.59. The largest absolute Gasteiger partial charge is 0.360 e. The van der Waals surface area contributed by atoms with Gasteiger partial charge in [-0.1, -0.05) is 49.7 Å². The van der Waals surface area contributed by atoms with Crippen LogP contribution in [-0.4, -0.2) is 4.98 Å². The Morgan fingerprint density at radius 2 is 1.85 bits per heavy atom. The van der Waals surface area contributed by atoms with Crippen LogP contribution < -0.4 is 0 Å². The molecule has 20 heavy (non-hydrogen) atoms. The van der Waals surface area contributed by atoms with Crippen molar-refractivity contribution < 1.29 is 0 Å². The molecular weight excluding hydrogens is 242 g/mol. The third kappa shape index (κ3) is 2.14. The lowest BCUT2D eigenvalue weighted by atomic mass is 9.96. The first-order valence-electron chi connectivity index (χ1n) is 7.37. The minimum absolute atomic E-state index is 1.16. The van der Waals surface area contributed by atoms with E-state index in [1.54, 1.807) is 0 Å². The highest BCUT2D eigenvalue weighted by atomic mass is 14.7. The molecule has 102 valence electrons. The molecule has 0 fully saturated rings. The second-order valence-electron chi connectivity index (χ2n) is 5.59. The molecule has 0 bridgehead atoms. The Labute approximate surface area is 120 Å². The van der Waals surface area contributed by atoms with Gasteiger partial charge in [-0.05, 0) is 42.5 Å². The van der Waals surface area contributed by atoms with Crippen LogP contribution in [0.25, 0.3) is 22.0 Å². The molecule has 0 radical (unpaired) electrons. The molecule has 0 saturated heterocycles. The summed E-state index contributed by atoms with van der Waals surface area (Å²) in [6.07, 6.45) is 4.45. The molecule has 1 N–H and O–H groups in total. The van der Waals surface area contributed by atoms with E-state index in [1.165, 1.54) is 45.1 Å². The third-order valence-corrected chi connectivity index (χ3v) is 4.10. The Kier molecular flexibility index (Phi) is 3.35. The van der Waals surface area contributed by atoms with Gasteiger partial charge in [0.05, 0.1) is 5.52 Å². The highest BCUT2D eigenvalue weighted by molar-refractivity contribution is 5.96. The molecule has 0 aliphatic heterocycles. The molecule has 0 amide bonds. The molecule has 3 rings (SSSR count). The third-order valence-electron chi connectivity index (χ3n) is 4.10. The average Bonchev–Trinajstić information content (AvgIpc) is 2.83. The molecule has 1 aromatic heterocycles. The Balaban J connectivity index is 2.13. The number of nitrogens with one attached hydrogen (secondary N) is 1. The zero-order valence-corrected chi connectivity index (χ0v) is 12.5. The maximum absolute atomic E-state index is 3.41. The summed E-state index contributed by atoms with van der Waals surface area (Å²) in [6.45, 7) is 6.60. The molecular formula is C19H21N. The predicted molar refractivity (Wildman–Crippen MR) is 87.2 cm³/mol. The van der Waals surface area contributed by atoms with E-state index in [0.717, 1.165) is 6.42 Å². The van der Waals surface area contributed by atoms with E-state index in [9.17, 15) is 0 Å². The van der Waals surface area contributed by atoms with Crippen LogP contribution in [0.1, 0.15) is 30.0 Å². The highest BCUT2D eigenvalue weighted by Crippen LogP contribution is 2.30. The van der Waals surface area contributed by atoms with Crippen molar-refractivity contribution in [3.05, 3.63) is 59.3 Å². The van der Waals surface area contributed by atoms with Crippen molar-refractivity contribution in [1.82, 2.24) is 4.98 Å². The summed E-state index contributed by atoms with van der Waals surface area (Å²) in [5, 5.41) is 1.32. The molecule has 0 unspecified atom stereocenters. The topological polar surface area (TPSA) is 15.8 Å². The van der Waals surface area contributed by atoms with Gasteiger partial charge in [0.1, 0.15) is 0 Å². The standard InChI is InChI=1S/C19H21N/c1-4-6-15-9-10-16(11-13(15)2)18-8-5-7-17-14(3)12-20-19(17)18/h5,7-12,20H,4,6H2,1-3H3. The summed E-state index contributed by atoms with van der Waals surface area (Å²) >= 11 is 0. The van der Waals surface area contributed by atoms with Gasteiger partial charge in [0.25, 0.3) is 0 Å². The van der Waals surface area contributed by atoms with Crippen LogP contribution in [0, 0.1) is 13.8 Å². The number of hydrogen-bond acceptors (Lipinski definition) is 0. The maximum atomic E-state index is 3.41. The van der Waals surface area contributed by atoms with Crippen LogP contribution in [0.4, 0.5) is 0 Å². The van der Waals surface area contributed by atoms with Gasteiger partial charge in [-0.25, -0.2) is 0 Å². The van der Waals surface area contributed by atoms with E-state index in [0.29, 0.717) is 0 Å². The quantitative estimate of drug-likeness (QED) is 0.650. The monoisotopic (exact) mass is 263 g/mol. The van der Waals surface area contributed by atoms with Crippen molar-refractivity contribution in [3.63, 3.8) is 0 Å². The van der Waals surface area contributed by atoms with Crippen molar-refractivity contribution in [1.29, 1.82) is 0 Å². The Morgan fingerprint density at radius 1 is 1.00 bits per heavy atom. The number of para-hydroxylation sites is 1. The van der Waals surface area contributed by atoms with Gasteiger partial charge < -0.3 is 4.98 Å². The summed E-state index contributed by atoms with van der Waals surface area (Å²) in [6, 6.07) is 13.4. The van der Waals surface area contributed by atoms with Crippen LogP contribution in [0.15, 0.2) is 42.6 Å². The first-order valence-corrected chi connectivity index (χ1v) is 7.37. The smallest absolute Gasteiger partial charge is 0.0536 e. The van der Waals surface area contributed by atoms with E-state index in [1.807, 2.05) is 0 Å². The van der Waals surface area contributed by atoms with Crippen LogP contribution in [0.2, 0.25) is 0 Å². The van der Waals surface area contributed by atoms with E-state index in [4.69, 9.17) is 0 Å².